The Kier molecular flexibility index (Phi) is 5.93. The number of hydrogen-bond acceptors (Lipinski definition) is 2. The zero-order chi connectivity index (χ0) is 21.9. The van der Waals surface area contributed by atoms with Crippen LogP contribution in [0.3, 0.4) is 0 Å². The smallest absolute Gasteiger partial charge is 0.254 e. The maximum atomic E-state index is 13.4. The van der Waals surface area contributed by atoms with E-state index in [9.17, 15) is 9.59 Å². The minimum atomic E-state index is -0.0871. The number of amides is 2. The summed E-state index contributed by atoms with van der Waals surface area (Å²) in [6.45, 7) is 2.87. The Morgan fingerprint density at radius 1 is 0.719 bits per heavy atom. The van der Waals surface area contributed by atoms with Crippen molar-refractivity contribution < 1.29 is 9.59 Å². The van der Waals surface area contributed by atoms with E-state index in [4.69, 9.17) is 0 Å². The Morgan fingerprint density at radius 2 is 1.44 bits per heavy atom. The van der Waals surface area contributed by atoms with Gasteiger partial charge < -0.3 is 9.80 Å². The highest BCUT2D eigenvalue weighted by Gasteiger charge is 2.33. The third-order valence-electron chi connectivity index (χ3n) is 7.16. The van der Waals surface area contributed by atoms with Gasteiger partial charge in [-0.2, -0.15) is 0 Å². The molecule has 0 radical (unpaired) electrons. The van der Waals surface area contributed by atoms with Gasteiger partial charge in [-0.15, -0.1) is 0 Å². The van der Waals surface area contributed by atoms with Crippen molar-refractivity contribution in [1.29, 1.82) is 0 Å². The quantitative estimate of drug-likeness (QED) is 0.585. The SMILES string of the molecule is O=C(c1cccc2ccccc12)N1CCCC(C(=O)N2CCC(c3ccccc3)CC2)C1. The highest BCUT2D eigenvalue weighted by atomic mass is 16.2. The lowest BCUT2D eigenvalue weighted by molar-refractivity contribution is -0.138. The summed E-state index contributed by atoms with van der Waals surface area (Å²) in [4.78, 5) is 30.6. The highest BCUT2D eigenvalue weighted by Crippen LogP contribution is 2.30. The number of carbonyl (C=O) groups excluding carboxylic acids is 2. The maximum Gasteiger partial charge on any atom is 0.254 e. The van der Waals surface area contributed by atoms with Crippen LogP contribution in [-0.2, 0) is 4.79 Å². The van der Waals surface area contributed by atoms with Gasteiger partial charge in [-0.1, -0.05) is 66.7 Å². The fourth-order valence-electron chi connectivity index (χ4n) is 5.36. The van der Waals surface area contributed by atoms with Crippen molar-refractivity contribution in [2.24, 2.45) is 5.92 Å². The van der Waals surface area contributed by atoms with Crippen LogP contribution < -0.4 is 0 Å². The molecule has 5 rings (SSSR count). The van der Waals surface area contributed by atoms with Crippen LogP contribution in [0, 0.1) is 5.92 Å². The summed E-state index contributed by atoms with van der Waals surface area (Å²) in [6.07, 6.45) is 3.78. The van der Waals surface area contributed by atoms with Crippen molar-refractivity contribution >= 4 is 22.6 Å². The van der Waals surface area contributed by atoms with Crippen molar-refractivity contribution in [2.45, 2.75) is 31.6 Å². The van der Waals surface area contributed by atoms with Gasteiger partial charge in [-0.3, -0.25) is 9.59 Å². The molecule has 0 aliphatic carbocycles. The molecule has 0 N–H and O–H groups in total. The molecule has 1 atom stereocenters. The number of piperidine rings is 2. The molecule has 2 aliphatic rings. The first-order chi connectivity index (χ1) is 15.7. The van der Waals surface area contributed by atoms with Gasteiger partial charge >= 0.3 is 0 Å². The summed E-state index contributed by atoms with van der Waals surface area (Å²) in [5, 5.41) is 2.06. The average Bonchev–Trinajstić information content (AvgIpc) is 2.88. The highest BCUT2D eigenvalue weighted by molar-refractivity contribution is 6.07. The second-order valence-corrected chi connectivity index (χ2v) is 9.13. The van der Waals surface area contributed by atoms with E-state index in [-0.39, 0.29) is 17.7 Å². The molecule has 0 aromatic heterocycles. The van der Waals surface area contributed by atoms with Gasteiger partial charge in [0.2, 0.25) is 5.91 Å². The summed E-state index contributed by atoms with van der Waals surface area (Å²) in [5.74, 6) is 0.723. The van der Waals surface area contributed by atoms with Gasteiger partial charge in [0.25, 0.3) is 5.91 Å². The van der Waals surface area contributed by atoms with E-state index in [2.05, 4.69) is 30.3 Å². The molecule has 2 fully saturated rings. The van der Waals surface area contributed by atoms with Crippen molar-refractivity contribution in [2.75, 3.05) is 26.2 Å². The lowest BCUT2D eigenvalue weighted by Gasteiger charge is -2.38. The molecule has 164 valence electrons. The maximum absolute atomic E-state index is 13.4. The minimum absolute atomic E-state index is 0.0436. The van der Waals surface area contributed by atoms with Crippen LogP contribution in [0.2, 0.25) is 0 Å². The third kappa shape index (κ3) is 4.14. The number of carbonyl (C=O) groups is 2. The molecule has 4 nitrogen and oxygen atoms in total. The van der Waals surface area contributed by atoms with Gasteiger partial charge in [-0.25, -0.2) is 0 Å². The lowest BCUT2D eigenvalue weighted by Crippen LogP contribution is -2.48. The Hall–Kier alpha value is -3.14. The predicted octanol–water partition coefficient (Wildman–Crippen LogP) is 5.10. The second-order valence-electron chi connectivity index (χ2n) is 9.13. The molecule has 3 aromatic rings. The molecule has 2 aliphatic heterocycles. The first-order valence-corrected chi connectivity index (χ1v) is 11.8. The van der Waals surface area contributed by atoms with E-state index in [0.29, 0.717) is 12.5 Å². The summed E-state index contributed by atoms with van der Waals surface area (Å²) >= 11 is 0. The van der Waals surface area contributed by atoms with Gasteiger partial charge in [-0.05, 0) is 54.0 Å². The van der Waals surface area contributed by atoms with Crippen LogP contribution in [0.1, 0.15) is 47.5 Å². The van der Waals surface area contributed by atoms with Crippen LogP contribution in [0.15, 0.2) is 72.8 Å². The number of likely N-dealkylation sites (tertiary alicyclic amines) is 2. The second kappa shape index (κ2) is 9.15. The number of hydrogen-bond donors (Lipinski definition) is 0. The summed E-state index contributed by atoms with van der Waals surface area (Å²) in [7, 11) is 0. The number of fused-ring (bicyclic) bond motifs is 1. The zero-order valence-corrected chi connectivity index (χ0v) is 18.5. The Labute approximate surface area is 189 Å². The van der Waals surface area contributed by atoms with Crippen LogP contribution in [-0.4, -0.2) is 47.8 Å². The monoisotopic (exact) mass is 426 g/mol. The molecule has 1 unspecified atom stereocenters. The van der Waals surface area contributed by atoms with Crippen LogP contribution in [0.5, 0.6) is 0 Å². The van der Waals surface area contributed by atoms with Gasteiger partial charge in [0.1, 0.15) is 0 Å². The molecule has 2 amide bonds. The summed E-state index contributed by atoms with van der Waals surface area (Å²) < 4.78 is 0. The molecule has 0 bridgehead atoms. The number of nitrogens with zero attached hydrogens (tertiary/aromatic N) is 2. The normalized spacial score (nSPS) is 19.8. The van der Waals surface area contributed by atoms with Crippen molar-refractivity contribution in [3.8, 4) is 0 Å². The van der Waals surface area contributed by atoms with Gasteiger partial charge in [0, 0.05) is 31.7 Å². The van der Waals surface area contributed by atoms with Crippen molar-refractivity contribution in [1.82, 2.24) is 9.80 Å². The van der Waals surface area contributed by atoms with Crippen LogP contribution in [0.25, 0.3) is 10.8 Å². The van der Waals surface area contributed by atoms with E-state index in [0.717, 1.165) is 61.7 Å². The molecule has 0 saturated carbocycles. The average molecular weight is 427 g/mol. The van der Waals surface area contributed by atoms with E-state index >= 15 is 0 Å². The molecule has 4 heteroatoms. The van der Waals surface area contributed by atoms with Gasteiger partial charge in [0.05, 0.1) is 5.92 Å². The van der Waals surface area contributed by atoms with Crippen molar-refractivity contribution in [3.05, 3.63) is 83.9 Å². The van der Waals surface area contributed by atoms with Crippen LogP contribution >= 0.6 is 0 Å². The first kappa shape index (κ1) is 20.7. The van der Waals surface area contributed by atoms with E-state index in [1.54, 1.807) is 0 Å². The Bertz CT molecular complexity index is 1100. The third-order valence-corrected chi connectivity index (χ3v) is 7.16. The fourth-order valence-corrected chi connectivity index (χ4v) is 5.36. The molecule has 2 saturated heterocycles. The fraction of sp³-hybridized carbons (Fsp3) is 0.357. The predicted molar refractivity (Wildman–Crippen MR) is 128 cm³/mol. The molecular weight excluding hydrogens is 396 g/mol. The topological polar surface area (TPSA) is 40.6 Å². The van der Waals surface area contributed by atoms with Crippen LogP contribution in [0.4, 0.5) is 0 Å². The molecule has 2 heterocycles. The Morgan fingerprint density at radius 3 is 2.25 bits per heavy atom. The van der Waals surface area contributed by atoms with E-state index in [1.807, 2.05) is 52.3 Å². The van der Waals surface area contributed by atoms with E-state index < -0.39 is 0 Å². The summed E-state index contributed by atoms with van der Waals surface area (Å²) in [5.41, 5.74) is 2.11. The standard InChI is InChI=1S/C28H30N2O2/c31-27(29-18-15-22(16-19-29)21-8-2-1-3-9-21)24-12-7-17-30(20-24)28(32)26-14-6-11-23-10-4-5-13-25(23)26/h1-6,8-11,13-14,22,24H,7,12,15-20H2. The van der Waals surface area contributed by atoms with Crippen molar-refractivity contribution in [3.63, 3.8) is 0 Å². The summed E-state index contributed by atoms with van der Waals surface area (Å²) in [6, 6.07) is 24.5. The number of benzene rings is 3. The lowest BCUT2D eigenvalue weighted by atomic mass is 9.88. The molecule has 0 spiro atoms. The minimum Gasteiger partial charge on any atom is -0.342 e. The number of rotatable bonds is 3. The molecular formula is C28H30N2O2. The largest absolute Gasteiger partial charge is 0.342 e. The molecule has 3 aromatic carbocycles. The molecule has 32 heavy (non-hydrogen) atoms. The van der Waals surface area contributed by atoms with E-state index in [1.165, 1.54) is 5.56 Å². The Balaban J connectivity index is 1.24. The zero-order valence-electron chi connectivity index (χ0n) is 18.5. The van der Waals surface area contributed by atoms with Gasteiger partial charge in [0.15, 0.2) is 0 Å². The first-order valence-electron chi connectivity index (χ1n) is 11.8.